The largest absolute Gasteiger partial charge is 0.352 e. The van der Waals surface area contributed by atoms with E-state index in [1.165, 1.54) is 17.3 Å². The Kier molecular flexibility index (Phi) is 4.85. The molecule has 0 saturated heterocycles. The first-order valence-electron chi connectivity index (χ1n) is 7.76. The third-order valence-corrected chi connectivity index (χ3v) is 5.14. The van der Waals surface area contributed by atoms with E-state index in [0.717, 1.165) is 16.3 Å². The number of thioether (sulfide) groups is 1. The molecule has 0 radical (unpaired) electrons. The van der Waals surface area contributed by atoms with Crippen molar-refractivity contribution in [2.24, 2.45) is 0 Å². The SMILES string of the molecule is Cc1ccc(CNC(=O)CC2Sc3ncccc3N(C)C2=O)cc1. The van der Waals surface area contributed by atoms with Crippen LogP contribution >= 0.6 is 11.8 Å². The summed E-state index contributed by atoms with van der Waals surface area (Å²) in [6, 6.07) is 11.7. The Labute approximate surface area is 145 Å². The smallest absolute Gasteiger partial charge is 0.240 e. The molecule has 0 saturated carbocycles. The first kappa shape index (κ1) is 16.5. The summed E-state index contributed by atoms with van der Waals surface area (Å²) >= 11 is 1.36. The number of aryl methyl sites for hydroxylation is 1. The zero-order valence-electron chi connectivity index (χ0n) is 13.7. The third kappa shape index (κ3) is 3.59. The number of aromatic nitrogens is 1. The fourth-order valence-electron chi connectivity index (χ4n) is 2.52. The van der Waals surface area contributed by atoms with Crippen LogP contribution in [-0.2, 0) is 16.1 Å². The zero-order chi connectivity index (χ0) is 17.1. The second kappa shape index (κ2) is 7.05. The van der Waals surface area contributed by atoms with E-state index in [1.54, 1.807) is 24.2 Å². The molecule has 0 bridgehead atoms. The standard InChI is InChI=1S/C18H19N3O2S/c1-12-5-7-13(8-6-12)11-20-16(22)10-15-18(23)21(2)14-4-3-9-19-17(14)24-15/h3-9,15H,10-11H2,1-2H3,(H,20,22). The second-order valence-electron chi connectivity index (χ2n) is 5.80. The van der Waals surface area contributed by atoms with Crippen molar-refractivity contribution in [3.63, 3.8) is 0 Å². The van der Waals surface area contributed by atoms with E-state index in [9.17, 15) is 9.59 Å². The highest BCUT2D eigenvalue weighted by Crippen LogP contribution is 2.37. The molecule has 1 aliphatic heterocycles. The van der Waals surface area contributed by atoms with Crippen LogP contribution in [-0.4, -0.2) is 29.1 Å². The number of hydrogen-bond donors (Lipinski definition) is 1. The molecule has 2 heterocycles. The highest BCUT2D eigenvalue weighted by molar-refractivity contribution is 8.00. The summed E-state index contributed by atoms with van der Waals surface area (Å²) < 4.78 is 0. The van der Waals surface area contributed by atoms with Gasteiger partial charge in [0.2, 0.25) is 11.8 Å². The molecule has 1 N–H and O–H groups in total. The van der Waals surface area contributed by atoms with Crippen molar-refractivity contribution in [1.29, 1.82) is 0 Å². The average Bonchev–Trinajstić information content (AvgIpc) is 2.59. The molecular formula is C18H19N3O2S. The fourth-order valence-corrected chi connectivity index (χ4v) is 3.73. The summed E-state index contributed by atoms with van der Waals surface area (Å²) in [6.07, 6.45) is 1.85. The number of pyridine rings is 1. The zero-order valence-corrected chi connectivity index (χ0v) is 14.5. The van der Waals surface area contributed by atoms with E-state index in [1.807, 2.05) is 37.3 Å². The van der Waals surface area contributed by atoms with Crippen molar-refractivity contribution in [2.75, 3.05) is 11.9 Å². The predicted octanol–water partition coefficient (Wildman–Crippen LogP) is 2.53. The monoisotopic (exact) mass is 341 g/mol. The van der Waals surface area contributed by atoms with Gasteiger partial charge in [-0.1, -0.05) is 41.6 Å². The number of rotatable bonds is 4. The molecule has 1 aliphatic rings. The van der Waals surface area contributed by atoms with Crippen molar-refractivity contribution >= 4 is 29.3 Å². The molecule has 0 spiro atoms. The van der Waals surface area contributed by atoms with Crippen LogP contribution in [0.15, 0.2) is 47.6 Å². The number of nitrogens with zero attached hydrogens (tertiary/aromatic N) is 2. The summed E-state index contributed by atoms with van der Waals surface area (Å²) in [7, 11) is 1.72. The molecule has 24 heavy (non-hydrogen) atoms. The summed E-state index contributed by atoms with van der Waals surface area (Å²) in [5.41, 5.74) is 3.02. The van der Waals surface area contributed by atoms with Gasteiger partial charge in [-0.05, 0) is 24.6 Å². The van der Waals surface area contributed by atoms with Crippen LogP contribution in [0.3, 0.4) is 0 Å². The lowest BCUT2D eigenvalue weighted by Crippen LogP contribution is -2.41. The number of anilines is 1. The Bertz CT molecular complexity index is 761. The Balaban J connectivity index is 1.60. The molecule has 1 aromatic carbocycles. The van der Waals surface area contributed by atoms with E-state index in [4.69, 9.17) is 0 Å². The summed E-state index contributed by atoms with van der Waals surface area (Å²) in [5, 5.41) is 3.23. The number of carbonyl (C=O) groups excluding carboxylic acids is 2. The first-order chi connectivity index (χ1) is 11.5. The molecular weight excluding hydrogens is 322 g/mol. The van der Waals surface area contributed by atoms with E-state index in [-0.39, 0.29) is 18.2 Å². The lowest BCUT2D eigenvalue weighted by molar-refractivity contribution is -0.124. The van der Waals surface area contributed by atoms with Crippen LogP contribution in [0.25, 0.3) is 0 Å². The minimum absolute atomic E-state index is 0.0639. The minimum atomic E-state index is -0.435. The summed E-state index contributed by atoms with van der Waals surface area (Å²) in [5.74, 6) is -0.194. The van der Waals surface area contributed by atoms with Gasteiger partial charge in [0.25, 0.3) is 0 Å². The maximum absolute atomic E-state index is 12.4. The van der Waals surface area contributed by atoms with Crippen LogP contribution in [0, 0.1) is 6.92 Å². The predicted molar refractivity (Wildman–Crippen MR) is 94.9 cm³/mol. The van der Waals surface area contributed by atoms with Crippen molar-refractivity contribution in [3.8, 4) is 0 Å². The summed E-state index contributed by atoms with van der Waals surface area (Å²) in [6.45, 7) is 2.49. The van der Waals surface area contributed by atoms with Gasteiger partial charge >= 0.3 is 0 Å². The quantitative estimate of drug-likeness (QED) is 0.928. The molecule has 2 amide bonds. The summed E-state index contributed by atoms with van der Waals surface area (Å²) in [4.78, 5) is 30.5. The van der Waals surface area contributed by atoms with Crippen molar-refractivity contribution < 1.29 is 9.59 Å². The normalized spacial score (nSPS) is 16.7. The Hall–Kier alpha value is -2.34. The third-order valence-electron chi connectivity index (χ3n) is 3.95. The second-order valence-corrected chi connectivity index (χ2v) is 6.99. The van der Waals surface area contributed by atoms with Crippen molar-refractivity contribution in [1.82, 2.24) is 10.3 Å². The molecule has 1 atom stereocenters. The maximum Gasteiger partial charge on any atom is 0.240 e. The van der Waals surface area contributed by atoms with Gasteiger partial charge in [0.15, 0.2) is 0 Å². The molecule has 6 heteroatoms. The molecule has 0 aliphatic carbocycles. The van der Waals surface area contributed by atoms with Gasteiger partial charge in [-0.2, -0.15) is 0 Å². The number of fused-ring (bicyclic) bond motifs is 1. The van der Waals surface area contributed by atoms with Gasteiger partial charge in [0, 0.05) is 26.2 Å². The van der Waals surface area contributed by atoms with Gasteiger partial charge in [0.05, 0.1) is 10.9 Å². The number of hydrogen-bond acceptors (Lipinski definition) is 4. The lowest BCUT2D eigenvalue weighted by Gasteiger charge is -2.29. The Morgan fingerprint density at radius 1 is 1.29 bits per heavy atom. The molecule has 124 valence electrons. The number of carbonyl (C=O) groups is 2. The Morgan fingerprint density at radius 3 is 2.79 bits per heavy atom. The highest BCUT2D eigenvalue weighted by atomic mass is 32.2. The fraction of sp³-hybridized carbons (Fsp3) is 0.278. The highest BCUT2D eigenvalue weighted by Gasteiger charge is 2.33. The van der Waals surface area contributed by atoms with Gasteiger partial charge in [0.1, 0.15) is 5.03 Å². The van der Waals surface area contributed by atoms with E-state index < -0.39 is 5.25 Å². The van der Waals surface area contributed by atoms with Crippen molar-refractivity contribution in [3.05, 3.63) is 53.7 Å². The molecule has 2 aromatic rings. The van der Waals surface area contributed by atoms with Gasteiger partial charge < -0.3 is 10.2 Å². The van der Waals surface area contributed by atoms with Gasteiger partial charge in [-0.3, -0.25) is 9.59 Å². The van der Waals surface area contributed by atoms with Crippen LogP contribution in [0.4, 0.5) is 5.69 Å². The van der Waals surface area contributed by atoms with Crippen LogP contribution < -0.4 is 10.2 Å². The van der Waals surface area contributed by atoms with E-state index in [0.29, 0.717) is 6.54 Å². The molecule has 1 aromatic heterocycles. The van der Waals surface area contributed by atoms with Gasteiger partial charge in [-0.15, -0.1) is 0 Å². The molecule has 1 unspecified atom stereocenters. The van der Waals surface area contributed by atoms with Gasteiger partial charge in [-0.25, -0.2) is 4.98 Å². The average molecular weight is 341 g/mol. The molecule has 0 fully saturated rings. The van der Waals surface area contributed by atoms with E-state index in [2.05, 4.69) is 10.3 Å². The number of benzene rings is 1. The lowest BCUT2D eigenvalue weighted by atomic mass is 10.1. The van der Waals surface area contributed by atoms with Crippen LogP contribution in [0.5, 0.6) is 0 Å². The maximum atomic E-state index is 12.4. The van der Waals surface area contributed by atoms with E-state index >= 15 is 0 Å². The Morgan fingerprint density at radius 2 is 2.04 bits per heavy atom. The minimum Gasteiger partial charge on any atom is -0.352 e. The topological polar surface area (TPSA) is 62.3 Å². The van der Waals surface area contributed by atoms with Crippen LogP contribution in [0.2, 0.25) is 0 Å². The van der Waals surface area contributed by atoms with Crippen molar-refractivity contribution in [2.45, 2.75) is 30.2 Å². The number of amides is 2. The number of nitrogens with one attached hydrogen (secondary N) is 1. The molecule has 5 nitrogen and oxygen atoms in total. The molecule has 3 rings (SSSR count). The van der Waals surface area contributed by atoms with Crippen LogP contribution in [0.1, 0.15) is 17.5 Å². The first-order valence-corrected chi connectivity index (χ1v) is 8.64.